The molecule has 62 valence electrons. The third-order valence-corrected chi connectivity index (χ3v) is 0.805. The maximum Gasteiger partial charge on any atom is 0.335 e. The second-order valence-corrected chi connectivity index (χ2v) is 1.53. The van der Waals surface area contributed by atoms with Gasteiger partial charge in [-0.2, -0.15) is 0 Å². The van der Waals surface area contributed by atoms with Gasteiger partial charge in [-0.3, -0.25) is 0 Å². The molecule has 0 heterocycles. The molecule has 0 bridgehead atoms. The highest BCUT2D eigenvalue weighted by Crippen LogP contribution is 1.90. The van der Waals surface area contributed by atoms with Gasteiger partial charge in [-0.25, -0.2) is 4.79 Å². The Balaban J connectivity index is 0. The topological polar surface area (TPSA) is 98.0 Å². The highest BCUT2D eigenvalue weighted by atomic mass is 16.4. The standard InChI is InChI=1S/C4H8O5.CH4/c5-1-2(6)3(7)4(8)9;/h2-3,5-7H,1H2,(H,8,9);1H4. The maximum absolute atomic E-state index is 9.78. The Hall–Kier alpha value is -0.650. The highest BCUT2D eigenvalue weighted by molar-refractivity contribution is 5.72. The minimum atomic E-state index is -1.89. The molecule has 5 heteroatoms. The van der Waals surface area contributed by atoms with Crippen LogP contribution < -0.4 is 0 Å². The van der Waals surface area contributed by atoms with E-state index in [4.69, 9.17) is 20.4 Å². The molecule has 4 N–H and O–H groups in total. The molecule has 0 aromatic heterocycles. The lowest BCUT2D eigenvalue weighted by Gasteiger charge is -2.09. The van der Waals surface area contributed by atoms with Crippen molar-refractivity contribution < 1.29 is 25.2 Å². The maximum atomic E-state index is 9.78. The quantitative estimate of drug-likeness (QED) is 0.391. The van der Waals surface area contributed by atoms with Crippen LogP contribution >= 0.6 is 0 Å². The number of aliphatic hydroxyl groups is 3. The molecule has 0 aliphatic carbocycles. The van der Waals surface area contributed by atoms with Gasteiger partial charge in [0.2, 0.25) is 0 Å². The van der Waals surface area contributed by atoms with Gasteiger partial charge >= 0.3 is 5.97 Å². The van der Waals surface area contributed by atoms with Crippen LogP contribution in [0, 0.1) is 0 Å². The number of carbonyl (C=O) groups is 1. The number of rotatable bonds is 3. The molecular weight excluding hydrogens is 140 g/mol. The Labute approximate surface area is 58.5 Å². The van der Waals surface area contributed by atoms with Crippen LogP contribution in [0.2, 0.25) is 0 Å². The summed E-state index contributed by atoms with van der Waals surface area (Å²) < 4.78 is 0. The van der Waals surface area contributed by atoms with Crippen LogP contribution in [0.4, 0.5) is 0 Å². The number of aliphatic carboxylic acids is 1. The first-order chi connectivity index (χ1) is 4.09. The van der Waals surface area contributed by atoms with Crippen LogP contribution in [0.5, 0.6) is 0 Å². The molecule has 0 spiro atoms. The molecule has 2 atom stereocenters. The van der Waals surface area contributed by atoms with Crippen molar-refractivity contribution >= 4 is 5.97 Å². The number of carboxylic acid groups (broad SMARTS) is 1. The molecular formula is C5H12O5. The first-order valence-electron chi connectivity index (χ1n) is 2.29. The van der Waals surface area contributed by atoms with E-state index < -0.39 is 24.8 Å². The first-order valence-corrected chi connectivity index (χ1v) is 2.29. The van der Waals surface area contributed by atoms with Gasteiger partial charge in [-0.1, -0.05) is 7.43 Å². The van der Waals surface area contributed by atoms with E-state index >= 15 is 0 Å². The predicted octanol–water partition coefficient (Wildman–Crippen LogP) is -1.58. The van der Waals surface area contributed by atoms with E-state index in [9.17, 15) is 4.79 Å². The van der Waals surface area contributed by atoms with Crippen molar-refractivity contribution in [3.63, 3.8) is 0 Å². The van der Waals surface area contributed by atoms with Gasteiger partial charge in [-0.05, 0) is 0 Å². The minimum absolute atomic E-state index is 0. The minimum Gasteiger partial charge on any atom is -0.479 e. The van der Waals surface area contributed by atoms with Crippen molar-refractivity contribution in [1.82, 2.24) is 0 Å². The molecule has 0 rings (SSSR count). The lowest BCUT2D eigenvalue weighted by molar-refractivity contribution is -0.154. The van der Waals surface area contributed by atoms with Gasteiger partial charge in [0.1, 0.15) is 6.10 Å². The normalized spacial score (nSPS) is 15.1. The summed E-state index contributed by atoms with van der Waals surface area (Å²) in [5.74, 6) is -1.54. The fourth-order valence-electron chi connectivity index (χ4n) is 0.264. The van der Waals surface area contributed by atoms with Crippen molar-refractivity contribution in [2.45, 2.75) is 19.6 Å². The van der Waals surface area contributed by atoms with Crippen LogP contribution in [-0.2, 0) is 4.79 Å². The van der Waals surface area contributed by atoms with Gasteiger partial charge in [0.15, 0.2) is 6.10 Å². The Morgan fingerprint density at radius 3 is 1.90 bits per heavy atom. The van der Waals surface area contributed by atoms with Crippen LogP contribution in [0.1, 0.15) is 7.43 Å². The molecule has 0 aliphatic rings. The third-order valence-electron chi connectivity index (χ3n) is 0.805. The van der Waals surface area contributed by atoms with Crippen LogP contribution in [-0.4, -0.2) is 45.2 Å². The average molecular weight is 152 g/mol. The van der Waals surface area contributed by atoms with E-state index in [0.29, 0.717) is 0 Å². The number of hydrogen-bond acceptors (Lipinski definition) is 4. The predicted molar refractivity (Wildman–Crippen MR) is 33.5 cm³/mol. The lowest BCUT2D eigenvalue weighted by atomic mass is 10.2. The van der Waals surface area contributed by atoms with Gasteiger partial charge in [-0.15, -0.1) is 0 Å². The monoisotopic (exact) mass is 152 g/mol. The molecule has 10 heavy (non-hydrogen) atoms. The molecule has 0 saturated carbocycles. The largest absolute Gasteiger partial charge is 0.479 e. The molecule has 0 radical (unpaired) electrons. The van der Waals surface area contributed by atoms with Crippen molar-refractivity contribution in [2.24, 2.45) is 0 Å². The fraction of sp³-hybridized carbons (Fsp3) is 0.800. The van der Waals surface area contributed by atoms with Crippen molar-refractivity contribution in [1.29, 1.82) is 0 Å². The Morgan fingerprint density at radius 1 is 1.40 bits per heavy atom. The summed E-state index contributed by atoms with van der Waals surface area (Å²) in [6, 6.07) is 0. The lowest BCUT2D eigenvalue weighted by Crippen LogP contribution is -2.36. The number of aliphatic hydroxyl groups excluding tert-OH is 3. The molecule has 2 unspecified atom stereocenters. The number of hydrogen-bond donors (Lipinski definition) is 4. The van der Waals surface area contributed by atoms with Gasteiger partial charge in [0.05, 0.1) is 6.61 Å². The van der Waals surface area contributed by atoms with Gasteiger partial charge in [0.25, 0.3) is 0 Å². The molecule has 0 aliphatic heterocycles. The van der Waals surface area contributed by atoms with Crippen molar-refractivity contribution in [3.8, 4) is 0 Å². The van der Waals surface area contributed by atoms with Gasteiger partial charge in [0, 0.05) is 0 Å². The van der Waals surface area contributed by atoms with E-state index in [1.54, 1.807) is 0 Å². The second-order valence-electron chi connectivity index (χ2n) is 1.53. The zero-order valence-electron chi connectivity index (χ0n) is 4.56. The Morgan fingerprint density at radius 2 is 1.80 bits per heavy atom. The molecule has 0 fully saturated rings. The zero-order valence-corrected chi connectivity index (χ0v) is 4.56. The first kappa shape index (κ1) is 12.1. The molecule has 0 amide bonds. The van der Waals surface area contributed by atoms with E-state index in [2.05, 4.69) is 0 Å². The van der Waals surface area contributed by atoms with E-state index in [-0.39, 0.29) is 7.43 Å². The van der Waals surface area contributed by atoms with E-state index in [0.717, 1.165) is 0 Å². The van der Waals surface area contributed by atoms with Crippen LogP contribution in [0.3, 0.4) is 0 Å². The van der Waals surface area contributed by atoms with Crippen molar-refractivity contribution in [2.75, 3.05) is 6.61 Å². The van der Waals surface area contributed by atoms with E-state index in [1.165, 1.54) is 0 Å². The smallest absolute Gasteiger partial charge is 0.335 e. The average Bonchev–Trinajstić information content (AvgIpc) is 1.84. The summed E-state index contributed by atoms with van der Waals surface area (Å²) in [6.07, 6.45) is -3.49. The molecule has 5 nitrogen and oxygen atoms in total. The summed E-state index contributed by atoms with van der Waals surface area (Å²) in [7, 11) is 0. The summed E-state index contributed by atoms with van der Waals surface area (Å²) in [6.45, 7) is -0.756. The Bertz CT molecular complexity index is 102. The van der Waals surface area contributed by atoms with Crippen LogP contribution in [0.25, 0.3) is 0 Å². The zero-order chi connectivity index (χ0) is 7.44. The fourth-order valence-corrected chi connectivity index (χ4v) is 0.264. The molecule has 0 saturated heterocycles. The molecule has 0 aromatic carbocycles. The third kappa shape index (κ3) is 3.39. The summed E-state index contributed by atoms with van der Waals surface area (Å²) in [4.78, 5) is 9.78. The SMILES string of the molecule is C.O=C(O)C(O)C(O)CO. The second kappa shape index (κ2) is 5.16. The number of carboxylic acids is 1. The summed E-state index contributed by atoms with van der Waals surface area (Å²) in [5, 5.41) is 32.8. The summed E-state index contributed by atoms with van der Waals surface area (Å²) >= 11 is 0. The van der Waals surface area contributed by atoms with Gasteiger partial charge < -0.3 is 20.4 Å². The van der Waals surface area contributed by atoms with Crippen LogP contribution in [0.15, 0.2) is 0 Å². The molecule has 0 aromatic rings. The highest BCUT2D eigenvalue weighted by Gasteiger charge is 2.21. The summed E-state index contributed by atoms with van der Waals surface area (Å²) in [5.41, 5.74) is 0. The van der Waals surface area contributed by atoms with E-state index in [1.807, 2.05) is 0 Å². The Kier molecular flexibility index (Phi) is 6.23. The van der Waals surface area contributed by atoms with Crippen molar-refractivity contribution in [3.05, 3.63) is 0 Å².